The number of benzene rings is 3. The van der Waals surface area contributed by atoms with Crippen LogP contribution in [-0.4, -0.2) is 36.9 Å². The van der Waals surface area contributed by atoms with Crippen molar-refractivity contribution in [3.63, 3.8) is 0 Å². The second-order valence-corrected chi connectivity index (χ2v) is 9.05. The molecule has 1 aliphatic rings. The number of allylic oxidation sites excluding steroid dienone is 1. The van der Waals surface area contributed by atoms with Gasteiger partial charge in [0.25, 0.3) is 0 Å². The Morgan fingerprint density at radius 3 is 1.76 bits per heavy atom. The standard InChI is InChI=1S/C31H35NO5/c1-3-27-29(32-23(2)33)31(36-21-26-17-11-6-12-18-26)30(35-20-25-15-9-5-10-16-25)28(37-27)22-34-19-24-13-7-4-8-14-24/h3-18,28-31H,19-22H2,1-2H3,(H,32,33)/t28?,29?,30-,31+/m1/s1. The number of hydrogen-bond acceptors (Lipinski definition) is 5. The molecule has 6 nitrogen and oxygen atoms in total. The van der Waals surface area contributed by atoms with Crippen LogP contribution in [0, 0.1) is 0 Å². The number of carbonyl (C=O) groups excluding carboxylic acids is 1. The molecule has 37 heavy (non-hydrogen) atoms. The fourth-order valence-corrected chi connectivity index (χ4v) is 4.42. The number of carbonyl (C=O) groups is 1. The Bertz CT molecular complexity index is 1120. The summed E-state index contributed by atoms with van der Waals surface area (Å²) in [4.78, 5) is 12.2. The van der Waals surface area contributed by atoms with Crippen LogP contribution in [0.4, 0.5) is 0 Å². The average Bonchev–Trinajstić information content (AvgIpc) is 2.93. The van der Waals surface area contributed by atoms with Gasteiger partial charge >= 0.3 is 0 Å². The highest BCUT2D eigenvalue weighted by Crippen LogP contribution is 2.30. The zero-order valence-electron chi connectivity index (χ0n) is 21.4. The number of amides is 1. The fourth-order valence-electron chi connectivity index (χ4n) is 4.42. The smallest absolute Gasteiger partial charge is 0.217 e. The minimum Gasteiger partial charge on any atom is -0.488 e. The Balaban J connectivity index is 1.57. The Morgan fingerprint density at radius 2 is 1.27 bits per heavy atom. The maximum atomic E-state index is 12.2. The first-order chi connectivity index (χ1) is 18.1. The van der Waals surface area contributed by atoms with Crippen LogP contribution in [0.1, 0.15) is 30.5 Å². The molecule has 6 heteroatoms. The summed E-state index contributed by atoms with van der Waals surface area (Å²) in [5.74, 6) is 0.475. The van der Waals surface area contributed by atoms with Gasteiger partial charge in [-0.2, -0.15) is 0 Å². The van der Waals surface area contributed by atoms with Crippen molar-refractivity contribution < 1.29 is 23.7 Å². The molecule has 2 unspecified atom stereocenters. The Hall–Kier alpha value is -3.45. The summed E-state index contributed by atoms with van der Waals surface area (Å²) in [5, 5.41) is 3.02. The SMILES string of the molecule is CC=C1OC(COCc2ccccc2)[C@@H](OCc2ccccc2)[C@@H](OCc2ccccc2)C1NC(C)=O. The van der Waals surface area contributed by atoms with E-state index in [1.54, 1.807) is 0 Å². The molecule has 1 heterocycles. The Kier molecular flexibility index (Phi) is 9.89. The van der Waals surface area contributed by atoms with E-state index in [1.165, 1.54) is 6.92 Å². The predicted molar refractivity (Wildman–Crippen MR) is 142 cm³/mol. The molecule has 194 valence electrons. The van der Waals surface area contributed by atoms with E-state index in [1.807, 2.05) is 104 Å². The van der Waals surface area contributed by atoms with Crippen LogP contribution >= 0.6 is 0 Å². The molecule has 0 saturated carbocycles. The van der Waals surface area contributed by atoms with Gasteiger partial charge in [-0.1, -0.05) is 91.0 Å². The maximum absolute atomic E-state index is 12.2. The van der Waals surface area contributed by atoms with Gasteiger partial charge in [0.15, 0.2) is 6.10 Å². The van der Waals surface area contributed by atoms with Crippen LogP contribution in [0.2, 0.25) is 0 Å². The lowest BCUT2D eigenvalue weighted by atomic mass is 9.94. The number of hydrogen-bond donors (Lipinski definition) is 1. The third-order valence-electron chi connectivity index (χ3n) is 6.22. The highest BCUT2D eigenvalue weighted by atomic mass is 16.6. The van der Waals surface area contributed by atoms with Gasteiger partial charge < -0.3 is 24.3 Å². The molecular formula is C31H35NO5. The van der Waals surface area contributed by atoms with E-state index < -0.39 is 24.4 Å². The highest BCUT2D eigenvalue weighted by molar-refractivity contribution is 5.73. The van der Waals surface area contributed by atoms with Crippen molar-refractivity contribution in [1.29, 1.82) is 0 Å². The molecule has 1 N–H and O–H groups in total. The van der Waals surface area contributed by atoms with Crippen LogP contribution in [0.25, 0.3) is 0 Å². The topological polar surface area (TPSA) is 66.0 Å². The molecule has 0 aliphatic carbocycles. The van der Waals surface area contributed by atoms with E-state index in [-0.39, 0.29) is 5.91 Å². The van der Waals surface area contributed by atoms with Gasteiger partial charge in [0.1, 0.15) is 24.0 Å². The Morgan fingerprint density at radius 1 is 0.784 bits per heavy atom. The molecule has 0 radical (unpaired) electrons. The monoisotopic (exact) mass is 501 g/mol. The zero-order valence-corrected chi connectivity index (χ0v) is 21.4. The molecule has 1 aliphatic heterocycles. The first-order valence-corrected chi connectivity index (χ1v) is 12.7. The lowest BCUT2D eigenvalue weighted by molar-refractivity contribution is -0.189. The van der Waals surface area contributed by atoms with Crippen LogP contribution in [0.5, 0.6) is 0 Å². The summed E-state index contributed by atoms with van der Waals surface area (Å²) in [6.07, 6.45) is 0.472. The molecule has 4 rings (SSSR count). The van der Waals surface area contributed by atoms with Crippen molar-refractivity contribution in [2.24, 2.45) is 0 Å². The first kappa shape index (κ1) is 26.6. The van der Waals surface area contributed by atoms with E-state index in [9.17, 15) is 4.79 Å². The molecule has 0 spiro atoms. The van der Waals surface area contributed by atoms with Gasteiger partial charge in [-0.05, 0) is 29.7 Å². The fraction of sp³-hybridized carbons (Fsp3) is 0.323. The summed E-state index contributed by atoms with van der Waals surface area (Å²) >= 11 is 0. The van der Waals surface area contributed by atoms with Crippen molar-refractivity contribution in [1.82, 2.24) is 5.32 Å². The van der Waals surface area contributed by atoms with Crippen LogP contribution in [0.3, 0.4) is 0 Å². The van der Waals surface area contributed by atoms with Gasteiger partial charge in [0, 0.05) is 6.92 Å². The van der Waals surface area contributed by atoms with E-state index in [2.05, 4.69) is 5.32 Å². The van der Waals surface area contributed by atoms with Crippen molar-refractivity contribution in [3.05, 3.63) is 120 Å². The summed E-state index contributed by atoms with van der Waals surface area (Å²) in [5.41, 5.74) is 3.16. The Labute approximate surface area is 219 Å². The van der Waals surface area contributed by atoms with Crippen LogP contribution in [-0.2, 0) is 43.6 Å². The van der Waals surface area contributed by atoms with Gasteiger partial charge in [-0.15, -0.1) is 0 Å². The largest absolute Gasteiger partial charge is 0.488 e. The van der Waals surface area contributed by atoms with Gasteiger partial charge in [-0.25, -0.2) is 0 Å². The van der Waals surface area contributed by atoms with E-state index >= 15 is 0 Å². The second-order valence-electron chi connectivity index (χ2n) is 9.05. The third-order valence-corrected chi connectivity index (χ3v) is 6.22. The summed E-state index contributed by atoms with van der Waals surface area (Å²) in [7, 11) is 0. The second kappa shape index (κ2) is 13.7. The summed E-state index contributed by atoms with van der Waals surface area (Å²) in [6.45, 7) is 4.92. The molecule has 3 aromatic carbocycles. The van der Waals surface area contributed by atoms with E-state index in [0.717, 1.165) is 16.7 Å². The average molecular weight is 502 g/mol. The summed E-state index contributed by atoms with van der Waals surface area (Å²) in [6, 6.07) is 29.5. The number of nitrogens with one attached hydrogen (secondary N) is 1. The molecule has 4 atom stereocenters. The predicted octanol–water partition coefficient (Wildman–Crippen LogP) is 5.18. The van der Waals surface area contributed by atoms with E-state index in [4.69, 9.17) is 18.9 Å². The van der Waals surface area contributed by atoms with Crippen molar-refractivity contribution >= 4 is 5.91 Å². The molecule has 1 fully saturated rings. The summed E-state index contributed by atoms with van der Waals surface area (Å²) < 4.78 is 25.4. The van der Waals surface area contributed by atoms with Gasteiger partial charge in [-0.3, -0.25) is 4.79 Å². The molecule has 3 aromatic rings. The van der Waals surface area contributed by atoms with Crippen molar-refractivity contribution in [2.45, 2.75) is 58.0 Å². The number of rotatable bonds is 11. The maximum Gasteiger partial charge on any atom is 0.217 e. The van der Waals surface area contributed by atoms with Gasteiger partial charge in [0.2, 0.25) is 5.91 Å². The van der Waals surface area contributed by atoms with Gasteiger partial charge in [0.05, 0.1) is 26.4 Å². The molecule has 1 amide bonds. The third kappa shape index (κ3) is 7.76. The highest BCUT2D eigenvalue weighted by Gasteiger charge is 2.46. The lowest BCUT2D eigenvalue weighted by Gasteiger charge is -2.44. The normalized spacial score (nSPS) is 22.4. The van der Waals surface area contributed by atoms with Crippen molar-refractivity contribution in [2.75, 3.05) is 6.61 Å². The zero-order chi connectivity index (χ0) is 25.9. The van der Waals surface area contributed by atoms with Crippen LogP contribution < -0.4 is 5.32 Å². The number of ether oxygens (including phenoxy) is 4. The molecule has 1 saturated heterocycles. The minimum atomic E-state index is -0.489. The molecule has 0 aromatic heterocycles. The van der Waals surface area contributed by atoms with Crippen LogP contribution in [0.15, 0.2) is 103 Å². The first-order valence-electron chi connectivity index (χ1n) is 12.7. The molecule has 0 bridgehead atoms. The minimum absolute atomic E-state index is 0.165. The van der Waals surface area contributed by atoms with E-state index in [0.29, 0.717) is 32.2 Å². The van der Waals surface area contributed by atoms with Crippen molar-refractivity contribution in [3.8, 4) is 0 Å². The molecular weight excluding hydrogens is 466 g/mol. The lowest BCUT2D eigenvalue weighted by Crippen LogP contribution is -2.60. The quantitative estimate of drug-likeness (QED) is 0.392.